The molecule has 0 fully saturated rings. The SMILES string of the molecule is ClP(Cl)(Cl)(Cl)Cl.O=P(O)(O)O. The quantitative estimate of drug-likeness (QED) is 0.600. The van der Waals surface area contributed by atoms with Gasteiger partial charge in [-0.1, -0.05) is 0 Å². The summed E-state index contributed by atoms with van der Waals surface area (Å²) in [4.78, 5) is 21.6. The number of rotatable bonds is 0. The molecule has 11 heteroatoms. The molecule has 0 amide bonds. The Morgan fingerprint density at radius 1 is 0.909 bits per heavy atom. The van der Waals surface area contributed by atoms with Gasteiger partial charge in [0.1, 0.15) is 0 Å². The fraction of sp³-hybridized carbons (Fsp3) is 0. The topological polar surface area (TPSA) is 77.8 Å². The van der Waals surface area contributed by atoms with Crippen molar-refractivity contribution < 1.29 is 19.2 Å². The molecule has 0 aliphatic heterocycles. The van der Waals surface area contributed by atoms with Crippen molar-refractivity contribution in [2.45, 2.75) is 0 Å². The minimum Gasteiger partial charge on any atom is -0.303 e. The largest absolute Gasteiger partial charge is 0.466 e. The van der Waals surface area contributed by atoms with Crippen molar-refractivity contribution in [3.05, 3.63) is 0 Å². The molecular weight excluding hydrogens is 303 g/mol. The molecule has 0 aromatic carbocycles. The van der Waals surface area contributed by atoms with E-state index in [0.717, 1.165) is 0 Å². The third kappa shape index (κ3) is 302. The van der Waals surface area contributed by atoms with Crippen LogP contribution in [0.25, 0.3) is 0 Å². The predicted molar refractivity (Wildman–Crippen MR) is 50.4 cm³/mol. The van der Waals surface area contributed by atoms with Crippen LogP contribution in [-0.2, 0) is 4.57 Å². The number of hydrogen-bond donors (Lipinski definition) is 3. The molecule has 0 aromatic rings. The van der Waals surface area contributed by atoms with Crippen LogP contribution < -0.4 is 0 Å². The zero-order valence-corrected chi connectivity index (χ0v) is 10.1. The Kier molecular flexibility index (Phi) is 6.29. The van der Waals surface area contributed by atoms with E-state index in [1.807, 2.05) is 0 Å². The summed E-state index contributed by atoms with van der Waals surface area (Å²) < 4.78 is 5.19. The second kappa shape index (κ2) is 4.47. The molecule has 0 radical (unpaired) electrons. The van der Waals surface area contributed by atoms with Gasteiger partial charge in [-0.15, -0.1) is 0 Å². The van der Waals surface area contributed by atoms with Crippen LogP contribution in [0.5, 0.6) is 0 Å². The Labute approximate surface area is 86.5 Å². The first kappa shape index (κ1) is 15.5. The first-order chi connectivity index (χ1) is 4.24. The molecule has 0 aliphatic carbocycles. The van der Waals surface area contributed by atoms with Gasteiger partial charge in [0, 0.05) is 0 Å². The third-order valence-electron chi connectivity index (χ3n) is 0. The second-order valence-corrected chi connectivity index (χ2v) is 18.8. The Balaban J connectivity index is 0. The van der Waals surface area contributed by atoms with Gasteiger partial charge in [0.05, 0.1) is 0 Å². The Hall–Kier alpha value is 1.99. The van der Waals surface area contributed by atoms with E-state index in [1.165, 1.54) is 0 Å². The molecule has 3 N–H and O–H groups in total. The average Bonchev–Trinajstić information content (AvgIpc) is 1.07. The fourth-order valence-corrected chi connectivity index (χ4v) is 0. The molecule has 0 saturated heterocycles. The minimum atomic E-state index is -4.64. The molecule has 0 rings (SSSR count). The Bertz CT molecular complexity index is 136. The molecule has 0 spiro atoms. The monoisotopic (exact) mass is 304 g/mol. The molecule has 0 unspecified atom stereocenters. The van der Waals surface area contributed by atoms with E-state index in [-0.39, 0.29) is 0 Å². The van der Waals surface area contributed by atoms with Crippen molar-refractivity contribution in [2.75, 3.05) is 0 Å². The summed E-state index contributed by atoms with van der Waals surface area (Å²) >= 11 is 24.9. The maximum absolute atomic E-state index is 8.88. The summed E-state index contributed by atoms with van der Waals surface area (Å²) in [6.07, 6.45) is 0. The van der Waals surface area contributed by atoms with Crippen LogP contribution in [0.2, 0.25) is 0 Å². The summed E-state index contributed by atoms with van der Waals surface area (Å²) in [5.41, 5.74) is 0. The van der Waals surface area contributed by atoms with Crippen LogP contribution in [0, 0.1) is 0 Å². The van der Waals surface area contributed by atoms with Gasteiger partial charge in [-0.05, 0) is 0 Å². The van der Waals surface area contributed by atoms with E-state index in [4.69, 9.17) is 75.4 Å². The van der Waals surface area contributed by atoms with Crippen molar-refractivity contribution in [3.8, 4) is 0 Å². The van der Waals surface area contributed by atoms with Gasteiger partial charge in [0.25, 0.3) is 0 Å². The maximum atomic E-state index is 8.88. The summed E-state index contributed by atoms with van der Waals surface area (Å²) in [5.74, 6) is 0. The van der Waals surface area contributed by atoms with Crippen LogP contribution in [0.1, 0.15) is 0 Å². The minimum absolute atomic E-state index is 3.69. The van der Waals surface area contributed by atoms with Gasteiger partial charge in [-0.3, -0.25) is 0 Å². The van der Waals surface area contributed by atoms with Crippen molar-refractivity contribution in [3.63, 3.8) is 0 Å². The third-order valence-corrected chi connectivity index (χ3v) is 0. The van der Waals surface area contributed by atoms with E-state index in [1.54, 1.807) is 0 Å². The van der Waals surface area contributed by atoms with Crippen molar-refractivity contribution in [1.29, 1.82) is 0 Å². The molecular formula is H3Cl5O4P2. The zero-order valence-electron chi connectivity index (χ0n) is 4.53. The van der Waals surface area contributed by atoms with Crippen molar-refractivity contribution in [1.82, 2.24) is 0 Å². The zero-order chi connectivity index (χ0) is 9.95. The summed E-state index contributed by atoms with van der Waals surface area (Å²) in [5, 5.41) is 0. The van der Waals surface area contributed by atoms with E-state index in [2.05, 4.69) is 0 Å². The number of halogens is 5. The van der Waals surface area contributed by atoms with Crippen LogP contribution in [-0.4, -0.2) is 14.7 Å². The van der Waals surface area contributed by atoms with Crippen LogP contribution in [0.3, 0.4) is 0 Å². The molecule has 72 valence electrons. The second-order valence-electron chi connectivity index (χ2n) is 1.15. The maximum Gasteiger partial charge on any atom is 0.466 e. The number of phosphoric acid groups is 1. The van der Waals surface area contributed by atoms with Crippen molar-refractivity contribution >= 4 is 67.4 Å². The first-order valence-corrected chi connectivity index (χ1v) is 9.95. The normalized spacial score (nSPS) is 15.8. The van der Waals surface area contributed by atoms with Gasteiger partial charge < -0.3 is 14.7 Å². The van der Waals surface area contributed by atoms with E-state index in [9.17, 15) is 0 Å². The van der Waals surface area contributed by atoms with Crippen LogP contribution >= 0.6 is 67.4 Å². The van der Waals surface area contributed by atoms with Crippen molar-refractivity contribution in [2.24, 2.45) is 0 Å². The fourth-order valence-electron chi connectivity index (χ4n) is 0. The van der Waals surface area contributed by atoms with E-state index >= 15 is 0 Å². The van der Waals surface area contributed by atoms with Crippen LogP contribution in [0.4, 0.5) is 0 Å². The molecule has 0 aromatic heterocycles. The molecule has 0 saturated carbocycles. The summed E-state index contributed by atoms with van der Waals surface area (Å²) in [6, 6.07) is 0. The molecule has 4 nitrogen and oxygen atoms in total. The van der Waals surface area contributed by atoms with E-state index in [0.29, 0.717) is 0 Å². The average molecular weight is 306 g/mol. The van der Waals surface area contributed by atoms with Gasteiger partial charge >= 0.3 is 67.4 Å². The first-order valence-electron chi connectivity index (χ1n) is 1.63. The van der Waals surface area contributed by atoms with Gasteiger partial charge in [0.15, 0.2) is 0 Å². The molecule has 0 aliphatic rings. The van der Waals surface area contributed by atoms with Gasteiger partial charge in [0.2, 0.25) is 0 Å². The predicted octanol–water partition coefficient (Wildman–Crippen LogP) is 3.38. The smallest absolute Gasteiger partial charge is 0.303 e. The van der Waals surface area contributed by atoms with Crippen LogP contribution in [0.15, 0.2) is 0 Å². The number of hydrogen-bond acceptors (Lipinski definition) is 1. The van der Waals surface area contributed by atoms with Gasteiger partial charge in [-0.2, -0.15) is 0 Å². The summed E-state index contributed by atoms with van der Waals surface area (Å²) in [6.45, 7) is 0. The molecule has 0 atom stereocenters. The standard InChI is InChI=1S/Cl5P.H3O4P/c1-6(2,3,4)5;1-5(2,3)4/h;(H3,1,2,3,4). The molecule has 0 heterocycles. The van der Waals surface area contributed by atoms with Gasteiger partial charge in [-0.25, -0.2) is 4.57 Å². The molecule has 0 bridgehead atoms. The Morgan fingerprint density at radius 2 is 0.909 bits per heavy atom. The molecule has 11 heavy (non-hydrogen) atoms. The summed E-state index contributed by atoms with van der Waals surface area (Å²) in [7, 11) is -4.64. The Morgan fingerprint density at radius 3 is 0.909 bits per heavy atom. The van der Waals surface area contributed by atoms with E-state index < -0.39 is 11.2 Å².